The minimum absolute atomic E-state index is 0.0149. The van der Waals surface area contributed by atoms with E-state index in [1.54, 1.807) is 0 Å². The molecule has 0 saturated carbocycles. The van der Waals surface area contributed by atoms with E-state index >= 15 is 0 Å². The number of hydrogen-bond donors (Lipinski definition) is 3. The van der Waals surface area contributed by atoms with E-state index in [0.29, 0.717) is 0 Å². The van der Waals surface area contributed by atoms with Crippen LogP contribution in [0.25, 0.3) is 0 Å². The van der Waals surface area contributed by atoms with E-state index in [1.165, 1.54) is 13.3 Å². The first kappa shape index (κ1) is 13.1. The van der Waals surface area contributed by atoms with Crippen LogP contribution in [0, 0.1) is 0 Å². The molecular formula is C9H14ClN3O3. The number of aliphatic hydroxyl groups is 2. The normalized spacial score (nSPS) is 14.6. The Morgan fingerprint density at radius 3 is 2.81 bits per heavy atom. The topological polar surface area (TPSA) is 101 Å². The number of halogens is 1. The Hall–Kier alpha value is -0.950. The predicted octanol–water partition coefficient (Wildman–Crippen LogP) is -0.118. The molecule has 0 aromatic carbocycles. The van der Waals surface area contributed by atoms with Gasteiger partial charge in [0.25, 0.3) is 0 Å². The first-order valence-electron chi connectivity index (χ1n) is 4.72. The summed E-state index contributed by atoms with van der Waals surface area (Å²) in [5.74, 6) is 0.142. The van der Waals surface area contributed by atoms with Gasteiger partial charge < -0.3 is 20.7 Å². The summed E-state index contributed by atoms with van der Waals surface area (Å²) in [5, 5.41) is 19.4. The highest BCUT2D eigenvalue weighted by atomic mass is 35.5. The molecule has 1 aromatic heterocycles. The number of aliphatic hydroxyl groups excluding tert-OH is 2. The SMILES string of the molecule is COc1nc(Cl)ncc1C(O)C(O)CCN. The third kappa shape index (κ3) is 3.02. The van der Waals surface area contributed by atoms with Gasteiger partial charge in [-0.25, -0.2) is 4.98 Å². The zero-order valence-electron chi connectivity index (χ0n) is 8.80. The minimum atomic E-state index is -1.14. The van der Waals surface area contributed by atoms with Crippen molar-refractivity contribution in [2.45, 2.75) is 18.6 Å². The number of nitrogens with zero attached hydrogens (tertiary/aromatic N) is 2. The summed E-state index contributed by atoms with van der Waals surface area (Å²) in [7, 11) is 1.39. The summed E-state index contributed by atoms with van der Waals surface area (Å²) in [5.41, 5.74) is 5.57. The summed E-state index contributed by atoms with van der Waals surface area (Å²) in [6, 6.07) is 0. The average Bonchev–Trinajstić information content (AvgIpc) is 2.28. The third-order valence-electron chi connectivity index (χ3n) is 2.09. The molecule has 0 aliphatic rings. The van der Waals surface area contributed by atoms with Crippen LogP contribution >= 0.6 is 11.6 Å². The van der Waals surface area contributed by atoms with Crippen LogP contribution in [0.3, 0.4) is 0 Å². The van der Waals surface area contributed by atoms with Crippen LogP contribution in [-0.2, 0) is 0 Å². The Morgan fingerprint density at radius 1 is 1.56 bits per heavy atom. The molecule has 6 nitrogen and oxygen atoms in total. The number of nitrogens with two attached hydrogens (primary N) is 1. The standard InChI is InChI=1S/C9H14ClN3O3/c1-16-8-5(4-12-9(10)13-8)7(15)6(14)2-3-11/h4,6-7,14-15H,2-3,11H2,1H3. The lowest BCUT2D eigenvalue weighted by molar-refractivity contribution is 0.0131. The monoisotopic (exact) mass is 247 g/mol. The van der Waals surface area contributed by atoms with Gasteiger partial charge in [0.15, 0.2) is 0 Å². The number of rotatable bonds is 5. The van der Waals surface area contributed by atoms with Crippen LogP contribution in [-0.4, -0.2) is 39.9 Å². The molecule has 7 heteroatoms. The molecule has 1 aromatic rings. The van der Waals surface area contributed by atoms with Gasteiger partial charge in [0.1, 0.15) is 6.10 Å². The van der Waals surface area contributed by atoms with E-state index in [1.807, 2.05) is 0 Å². The Bertz CT molecular complexity index is 351. The molecule has 0 saturated heterocycles. The predicted molar refractivity (Wildman–Crippen MR) is 58.2 cm³/mol. The molecule has 0 fully saturated rings. The van der Waals surface area contributed by atoms with Gasteiger partial charge in [0, 0.05) is 6.20 Å². The molecule has 0 aliphatic heterocycles. The van der Waals surface area contributed by atoms with Gasteiger partial charge in [0.2, 0.25) is 11.2 Å². The second-order valence-corrected chi connectivity index (χ2v) is 3.53. The molecule has 1 rings (SSSR count). The zero-order valence-corrected chi connectivity index (χ0v) is 9.55. The maximum atomic E-state index is 9.81. The molecule has 4 N–H and O–H groups in total. The van der Waals surface area contributed by atoms with Crippen LogP contribution in [0.4, 0.5) is 0 Å². The summed E-state index contributed by atoms with van der Waals surface area (Å²) < 4.78 is 4.94. The summed E-state index contributed by atoms with van der Waals surface area (Å²) in [6.07, 6.45) is -0.537. The Kier molecular flexibility index (Phi) is 4.88. The van der Waals surface area contributed by atoms with Gasteiger partial charge in [-0.1, -0.05) is 0 Å². The lowest BCUT2D eigenvalue weighted by Crippen LogP contribution is -2.22. The van der Waals surface area contributed by atoms with Crippen molar-refractivity contribution in [3.05, 3.63) is 17.0 Å². The summed E-state index contributed by atoms with van der Waals surface area (Å²) >= 11 is 5.57. The number of hydrogen-bond acceptors (Lipinski definition) is 6. The molecular weight excluding hydrogens is 234 g/mol. The smallest absolute Gasteiger partial charge is 0.225 e. The lowest BCUT2D eigenvalue weighted by atomic mass is 10.0. The van der Waals surface area contributed by atoms with Gasteiger partial charge in [-0.15, -0.1) is 0 Å². The first-order valence-corrected chi connectivity index (χ1v) is 5.10. The van der Waals surface area contributed by atoms with Gasteiger partial charge >= 0.3 is 0 Å². The zero-order chi connectivity index (χ0) is 12.1. The van der Waals surface area contributed by atoms with Gasteiger partial charge in [-0.05, 0) is 24.6 Å². The van der Waals surface area contributed by atoms with Crippen molar-refractivity contribution in [1.29, 1.82) is 0 Å². The summed E-state index contributed by atoms with van der Waals surface area (Å²) in [6.45, 7) is 0.273. The van der Waals surface area contributed by atoms with Crippen molar-refractivity contribution in [2.75, 3.05) is 13.7 Å². The van der Waals surface area contributed by atoms with Crippen LogP contribution < -0.4 is 10.5 Å². The largest absolute Gasteiger partial charge is 0.481 e. The highest BCUT2D eigenvalue weighted by molar-refractivity contribution is 6.28. The molecule has 16 heavy (non-hydrogen) atoms. The van der Waals surface area contributed by atoms with E-state index < -0.39 is 12.2 Å². The van der Waals surface area contributed by atoms with Gasteiger partial charge in [-0.2, -0.15) is 4.98 Å². The molecule has 0 spiro atoms. The van der Waals surface area contributed by atoms with Crippen LogP contribution in [0.5, 0.6) is 5.88 Å². The molecule has 2 atom stereocenters. The third-order valence-corrected chi connectivity index (χ3v) is 2.27. The van der Waals surface area contributed by atoms with E-state index in [-0.39, 0.29) is 29.7 Å². The van der Waals surface area contributed by atoms with E-state index in [0.717, 1.165) is 0 Å². The summed E-state index contributed by atoms with van der Waals surface area (Å²) in [4.78, 5) is 7.51. The lowest BCUT2D eigenvalue weighted by Gasteiger charge is -2.18. The van der Waals surface area contributed by atoms with Crippen molar-refractivity contribution in [3.63, 3.8) is 0 Å². The Balaban J connectivity index is 2.93. The van der Waals surface area contributed by atoms with Crippen molar-refractivity contribution in [1.82, 2.24) is 9.97 Å². The van der Waals surface area contributed by atoms with Gasteiger partial charge in [-0.3, -0.25) is 0 Å². The fourth-order valence-electron chi connectivity index (χ4n) is 1.26. The van der Waals surface area contributed by atoms with Crippen molar-refractivity contribution in [3.8, 4) is 5.88 Å². The molecule has 0 radical (unpaired) electrons. The van der Waals surface area contributed by atoms with Crippen LogP contribution in [0.15, 0.2) is 6.20 Å². The fraction of sp³-hybridized carbons (Fsp3) is 0.556. The van der Waals surface area contributed by atoms with Crippen LogP contribution in [0.1, 0.15) is 18.1 Å². The molecule has 90 valence electrons. The molecule has 0 bridgehead atoms. The maximum absolute atomic E-state index is 9.81. The highest BCUT2D eigenvalue weighted by Gasteiger charge is 2.22. The van der Waals surface area contributed by atoms with Crippen molar-refractivity contribution >= 4 is 11.6 Å². The molecule has 1 heterocycles. The first-order chi connectivity index (χ1) is 7.60. The molecule has 2 unspecified atom stereocenters. The fourth-order valence-corrected chi connectivity index (χ4v) is 1.38. The molecule has 0 amide bonds. The van der Waals surface area contributed by atoms with Crippen molar-refractivity contribution in [2.24, 2.45) is 5.73 Å². The van der Waals surface area contributed by atoms with Gasteiger partial charge in [0.05, 0.1) is 18.8 Å². The van der Waals surface area contributed by atoms with E-state index in [9.17, 15) is 10.2 Å². The Labute approximate surface area is 98.0 Å². The second kappa shape index (κ2) is 5.95. The van der Waals surface area contributed by atoms with Crippen LogP contribution in [0.2, 0.25) is 5.28 Å². The number of methoxy groups -OCH3 is 1. The Morgan fingerprint density at radius 2 is 2.25 bits per heavy atom. The highest BCUT2D eigenvalue weighted by Crippen LogP contribution is 2.26. The minimum Gasteiger partial charge on any atom is -0.481 e. The number of ether oxygens (including phenoxy) is 1. The average molecular weight is 248 g/mol. The number of aromatic nitrogens is 2. The maximum Gasteiger partial charge on any atom is 0.225 e. The molecule has 0 aliphatic carbocycles. The quantitative estimate of drug-likeness (QED) is 0.627. The van der Waals surface area contributed by atoms with Crippen molar-refractivity contribution < 1.29 is 14.9 Å². The second-order valence-electron chi connectivity index (χ2n) is 3.19. The van der Waals surface area contributed by atoms with E-state index in [4.69, 9.17) is 22.1 Å². The van der Waals surface area contributed by atoms with E-state index in [2.05, 4.69) is 9.97 Å².